The van der Waals surface area contributed by atoms with Gasteiger partial charge in [0.25, 0.3) is 5.91 Å². The lowest BCUT2D eigenvalue weighted by molar-refractivity contribution is -0.307. The molecule has 1 aromatic carbocycles. The maximum atomic E-state index is 12.3. The number of carbonyl (C=O) groups is 2. The molecule has 0 saturated carbocycles. The van der Waals surface area contributed by atoms with Crippen molar-refractivity contribution in [3.63, 3.8) is 0 Å². The molecule has 1 fully saturated rings. The zero-order valence-electron chi connectivity index (χ0n) is 13.5. The van der Waals surface area contributed by atoms with Crippen LogP contribution in [0.4, 0.5) is 0 Å². The number of amides is 1. The zero-order chi connectivity index (χ0) is 18.4. The molecule has 0 unspecified atom stereocenters. The van der Waals surface area contributed by atoms with Crippen LogP contribution in [-0.2, 0) is 9.59 Å². The van der Waals surface area contributed by atoms with E-state index in [1.807, 2.05) is 0 Å². The molecule has 0 aliphatic carbocycles. The predicted molar refractivity (Wildman–Crippen MR) is 98.2 cm³/mol. The maximum Gasteiger partial charge on any atom is 0.266 e. The van der Waals surface area contributed by atoms with E-state index in [1.165, 1.54) is 16.7 Å². The van der Waals surface area contributed by atoms with Crippen LogP contribution in [0.3, 0.4) is 0 Å². The number of benzene rings is 1. The number of thioether (sulfide) groups is 1. The molecular weight excluding hydrogens is 362 g/mol. The van der Waals surface area contributed by atoms with Gasteiger partial charge in [0.15, 0.2) is 11.5 Å². The molecule has 132 valence electrons. The number of carboxylic acid groups (broad SMARTS) is 1. The molecule has 1 amide bonds. The highest BCUT2D eigenvalue weighted by atomic mass is 32.2. The first-order chi connectivity index (χ1) is 12.0. The highest BCUT2D eigenvalue weighted by Gasteiger charge is 2.30. The van der Waals surface area contributed by atoms with Gasteiger partial charge in [0, 0.05) is 6.54 Å². The number of rotatable bonds is 8. The van der Waals surface area contributed by atoms with Crippen LogP contribution in [0.2, 0.25) is 0 Å². The van der Waals surface area contributed by atoms with Crippen LogP contribution in [-0.4, -0.2) is 40.9 Å². The van der Waals surface area contributed by atoms with Crippen molar-refractivity contribution >= 4 is 46.3 Å². The first-order valence-corrected chi connectivity index (χ1v) is 8.64. The Kier molecular flexibility index (Phi) is 6.60. The van der Waals surface area contributed by atoms with Crippen molar-refractivity contribution in [2.75, 3.05) is 19.8 Å². The second kappa shape index (κ2) is 8.68. The fourth-order valence-electron chi connectivity index (χ4n) is 2.08. The fraction of sp³-hybridized carbons (Fsp3) is 0.235. The minimum absolute atomic E-state index is 0.176. The van der Waals surface area contributed by atoms with E-state index in [1.54, 1.807) is 37.3 Å². The van der Waals surface area contributed by atoms with E-state index in [9.17, 15) is 14.7 Å². The summed E-state index contributed by atoms with van der Waals surface area (Å²) < 4.78 is 11.1. The molecule has 0 radical (unpaired) electrons. The number of thiocarbonyl (C=S) groups is 1. The van der Waals surface area contributed by atoms with Crippen LogP contribution >= 0.6 is 24.0 Å². The molecule has 1 aliphatic heterocycles. The molecule has 25 heavy (non-hydrogen) atoms. The van der Waals surface area contributed by atoms with Gasteiger partial charge in [-0.2, -0.15) is 0 Å². The topological polar surface area (TPSA) is 78.9 Å². The molecule has 1 aliphatic rings. The number of aliphatic carboxylic acids is 1. The molecule has 0 aromatic heterocycles. The van der Waals surface area contributed by atoms with Gasteiger partial charge in [0.1, 0.15) is 10.9 Å². The summed E-state index contributed by atoms with van der Waals surface area (Å²) in [5.74, 6) is -0.816. The maximum absolute atomic E-state index is 12.3. The van der Waals surface area contributed by atoms with Gasteiger partial charge in [-0.15, -0.1) is 6.58 Å². The Labute approximate surface area is 155 Å². The highest BCUT2D eigenvalue weighted by molar-refractivity contribution is 8.26. The average molecular weight is 378 g/mol. The first-order valence-electron chi connectivity index (χ1n) is 7.42. The summed E-state index contributed by atoms with van der Waals surface area (Å²) in [5, 5.41) is 10.5. The van der Waals surface area contributed by atoms with E-state index in [4.69, 9.17) is 21.7 Å². The van der Waals surface area contributed by atoms with Gasteiger partial charge < -0.3 is 19.4 Å². The lowest BCUT2D eigenvalue weighted by Gasteiger charge is -2.13. The van der Waals surface area contributed by atoms with Crippen LogP contribution in [0.25, 0.3) is 6.08 Å². The summed E-state index contributed by atoms with van der Waals surface area (Å²) in [4.78, 5) is 24.8. The molecule has 0 atom stereocenters. The van der Waals surface area contributed by atoms with Crippen molar-refractivity contribution < 1.29 is 24.2 Å². The summed E-state index contributed by atoms with van der Waals surface area (Å²) in [6.45, 7) is 5.59. The minimum Gasteiger partial charge on any atom is -0.546 e. The van der Waals surface area contributed by atoms with E-state index in [2.05, 4.69) is 6.58 Å². The Morgan fingerprint density at radius 1 is 1.40 bits per heavy atom. The molecule has 2 rings (SSSR count). The molecule has 1 heterocycles. The second-order valence-electron chi connectivity index (χ2n) is 4.88. The Bertz CT molecular complexity index is 745. The van der Waals surface area contributed by atoms with E-state index < -0.39 is 12.6 Å². The molecule has 6 nitrogen and oxygen atoms in total. The number of hydrogen-bond acceptors (Lipinski definition) is 7. The quantitative estimate of drug-likeness (QED) is 0.386. The Balaban J connectivity index is 2.26. The van der Waals surface area contributed by atoms with Crippen molar-refractivity contribution in [2.24, 2.45) is 0 Å². The summed E-state index contributed by atoms with van der Waals surface area (Å²) in [6, 6.07) is 4.96. The molecule has 0 bridgehead atoms. The van der Waals surface area contributed by atoms with Gasteiger partial charge >= 0.3 is 0 Å². The number of carboxylic acids is 1. The Morgan fingerprint density at radius 2 is 2.16 bits per heavy atom. The van der Waals surface area contributed by atoms with E-state index in [0.29, 0.717) is 39.4 Å². The molecule has 0 N–H and O–H groups in total. The van der Waals surface area contributed by atoms with Crippen LogP contribution in [0.5, 0.6) is 11.5 Å². The number of hydrogen-bond donors (Lipinski definition) is 0. The summed E-state index contributed by atoms with van der Waals surface area (Å²) in [6.07, 6.45) is 3.32. The van der Waals surface area contributed by atoms with Crippen molar-refractivity contribution in [3.8, 4) is 11.5 Å². The second-order valence-corrected chi connectivity index (χ2v) is 6.56. The van der Waals surface area contributed by atoms with E-state index >= 15 is 0 Å². The molecule has 0 spiro atoms. The molecule has 8 heteroatoms. The van der Waals surface area contributed by atoms with Gasteiger partial charge in [-0.05, 0) is 30.7 Å². The smallest absolute Gasteiger partial charge is 0.266 e. The summed E-state index contributed by atoms with van der Waals surface area (Å²) in [5.41, 5.74) is 0.711. The lowest BCUT2D eigenvalue weighted by Crippen LogP contribution is -2.29. The van der Waals surface area contributed by atoms with Crippen molar-refractivity contribution in [1.82, 2.24) is 4.90 Å². The number of nitrogens with zero attached hydrogens (tertiary/aromatic N) is 1. The Hall–Kier alpha value is -2.32. The third-order valence-corrected chi connectivity index (χ3v) is 4.47. The molecule has 1 saturated heterocycles. The van der Waals surface area contributed by atoms with Gasteiger partial charge in [-0.3, -0.25) is 9.69 Å². The number of carbonyl (C=O) groups excluding carboxylic acids is 2. The molecule has 1 aromatic rings. The predicted octanol–water partition coefficient (Wildman–Crippen LogP) is 1.60. The SMILES string of the molecule is C=CCN1C(=O)/C(=C\c2ccc(OCC(=O)[O-])c(OCC)c2)SC1=S. The van der Waals surface area contributed by atoms with Crippen molar-refractivity contribution in [3.05, 3.63) is 41.3 Å². The first kappa shape index (κ1) is 19.0. The largest absolute Gasteiger partial charge is 0.546 e. The third kappa shape index (κ3) is 4.83. The minimum atomic E-state index is -1.32. The lowest BCUT2D eigenvalue weighted by atomic mass is 10.2. The van der Waals surface area contributed by atoms with E-state index in [-0.39, 0.29) is 5.91 Å². The van der Waals surface area contributed by atoms with Crippen molar-refractivity contribution in [1.29, 1.82) is 0 Å². The van der Waals surface area contributed by atoms with Gasteiger partial charge in [-0.1, -0.05) is 36.1 Å². The zero-order valence-corrected chi connectivity index (χ0v) is 15.2. The third-order valence-electron chi connectivity index (χ3n) is 3.10. The normalized spacial score (nSPS) is 15.6. The standard InChI is InChI=1S/C17H17NO5S2/c1-3-7-18-16(21)14(25-17(18)24)9-11-5-6-12(23-10-15(19)20)13(8-11)22-4-2/h3,5-6,8-9H,1,4,7,10H2,2H3,(H,19,20)/p-1/b14-9+. The van der Waals surface area contributed by atoms with Crippen LogP contribution < -0.4 is 14.6 Å². The monoisotopic (exact) mass is 378 g/mol. The van der Waals surface area contributed by atoms with Gasteiger partial charge in [0.2, 0.25) is 0 Å². The number of ether oxygens (including phenoxy) is 2. The summed E-state index contributed by atoms with van der Waals surface area (Å²) >= 11 is 6.41. The van der Waals surface area contributed by atoms with Crippen LogP contribution in [0.15, 0.2) is 35.8 Å². The summed E-state index contributed by atoms with van der Waals surface area (Å²) in [7, 11) is 0. The Morgan fingerprint density at radius 3 is 2.80 bits per heavy atom. The van der Waals surface area contributed by atoms with Crippen molar-refractivity contribution in [2.45, 2.75) is 6.92 Å². The highest BCUT2D eigenvalue weighted by Crippen LogP contribution is 2.34. The average Bonchev–Trinajstić information content (AvgIpc) is 2.82. The van der Waals surface area contributed by atoms with E-state index in [0.717, 1.165) is 0 Å². The van der Waals surface area contributed by atoms with Crippen LogP contribution in [0, 0.1) is 0 Å². The van der Waals surface area contributed by atoms with Gasteiger partial charge in [-0.25, -0.2) is 0 Å². The van der Waals surface area contributed by atoms with Crippen LogP contribution in [0.1, 0.15) is 12.5 Å². The molecular formula is C17H16NO5S2-. The fourth-order valence-corrected chi connectivity index (χ4v) is 3.35. The van der Waals surface area contributed by atoms with Gasteiger partial charge in [0.05, 0.1) is 17.5 Å².